The third-order valence-corrected chi connectivity index (χ3v) is 2.47. The van der Waals surface area contributed by atoms with Gasteiger partial charge in [0.15, 0.2) is 12.2 Å². The van der Waals surface area contributed by atoms with Gasteiger partial charge in [-0.3, -0.25) is 9.59 Å². The first kappa shape index (κ1) is 14.8. The number of aliphatic hydroxyl groups excluding tert-OH is 2. The molecule has 1 saturated heterocycles. The number of rotatable bonds is 4. The van der Waals surface area contributed by atoms with Crippen molar-refractivity contribution in [1.82, 2.24) is 0 Å². The van der Waals surface area contributed by atoms with E-state index in [1.54, 1.807) is 0 Å². The van der Waals surface area contributed by atoms with Crippen molar-refractivity contribution in [2.75, 3.05) is 13.2 Å². The van der Waals surface area contributed by atoms with Crippen LogP contribution in [0.5, 0.6) is 0 Å². The average Bonchev–Trinajstić information content (AvgIpc) is 2.53. The molecule has 18 heavy (non-hydrogen) atoms. The third kappa shape index (κ3) is 2.96. The molecule has 0 bridgehead atoms. The molecule has 1 aliphatic heterocycles. The van der Waals surface area contributed by atoms with Crippen LogP contribution in [-0.2, 0) is 23.8 Å². The Morgan fingerprint density at radius 3 is 2.17 bits per heavy atom. The number of esters is 2. The second-order valence-electron chi connectivity index (χ2n) is 3.95. The molecular formula is C10H16O8. The van der Waals surface area contributed by atoms with Gasteiger partial charge in [-0.15, -0.1) is 0 Å². The molecule has 1 heterocycles. The van der Waals surface area contributed by atoms with Gasteiger partial charge in [0.1, 0.15) is 12.7 Å². The maximum absolute atomic E-state index is 11.0. The fourth-order valence-corrected chi connectivity index (χ4v) is 1.78. The molecule has 0 aromatic carbocycles. The minimum atomic E-state index is -2.21. The predicted octanol–water partition coefficient (Wildman–Crippen LogP) is -2.08. The molecule has 0 aromatic heterocycles. The minimum absolute atomic E-state index is 0.571. The van der Waals surface area contributed by atoms with Crippen molar-refractivity contribution in [3.8, 4) is 0 Å². The lowest BCUT2D eigenvalue weighted by Gasteiger charge is -2.27. The van der Waals surface area contributed by atoms with Crippen LogP contribution in [0.25, 0.3) is 0 Å². The molecule has 0 amide bonds. The number of ether oxygens (including phenoxy) is 3. The molecule has 8 heteroatoms. The molecule has 3 N–H and O–H groups in total. The van der Waals surface area contributed by atoms with Crippen molar-refractivity contribution in [2.45, 2.75) is 37.9 Å². The van der Waals surface area contributed by atoms with Gasteiger partial charge in [0.05, 0.1) is 6.61 Å². The van der Waals surface area contributed by atoms with Crippen molar-refractivity contribution < 1.29 is 39.1 Å². The van der Waals surface area contributed by atoms with E-state index in [0.717, 1.165) is 13.8 Å². The maximum Gasteiger partial charge on any atom is 0.303 e. The van der Waals surface area contributed by atoms with E-state index >= 15 is 0 Å². The molecule has 0 radical (unpaired) electrons. The molecule has 8 nitrogen and oxygen atoms in total. The normalized spacial score (nSPS) is 35.3. The lowest BCUT2D eigenvalue weighted by atomic mass is 10.1. The largest absolute Gasteiger partial charge is 0.455 e. The summed E-state index contributed by atoms with van der Waals surface area (Å²) in [5, 5.41) is 28.1. The highest BCUT2D eigenvalue weighted by Crippen LogP contribution is 2.33. The highest BCUT2D eigenvalue weighted by atomic mass is 16.7. The van der Waals surface area contributed by atoms with Gasteiger partial charge in [0.25, 0.3) is 0 Å². The van der Waals surface area contributed by atoms with Crippen LogP contribution in [0.3, 0.4) is 0 Å². The van der Waals surface area contributed by atoms with Gasteiger partial charge >= 0.3 is 11.9 Å². The Morgan fingerprint density at radius 2 is 1.78 bits per heavy atom. The Morgan fingerprint density at radius 1 is 1.22 bits per heavy atom. The van der Waals surface area contributed by atoms with E-state index in [4.69, 9.17) is 24.4 Å². The van der Waals surface area contributed by atoms with Gasteiger partial charge in [-0.05, 0) is 0 Å². The summed E-state index contributed by atoms with van der Waals surface area (Å²) in [6, 6.07) is 0. The van der Waals surface area contributed by atoms with E-state index in [2.05, 4.69) is 0 Å². The van der Waals surface area contributed by atoms with E-state index in [1.807, 2.05) is 0 Å². The first-order valence-corrected chi connectivity index (χ1v) is 5.30. The van der Waals surface area contributed by atoms with Crippen LogP contribution in [0.2, 0.25) is 0 Å². The van der Waals surface area contributed by atoms with Gasteiger partial charge in [0.2, 0.25) is 5.79 Å². The SMILES string of the molecule is CC(=O)OC1C(CO)OC(O)(CO)C1OC(C)=O. The zero-order chi connectivity index (χ0) is 13.9. The van der Waals surface area contributed by atoms with Crippen LogP contribution in [0.4, 0.5) is 0 Å². The molecule has 104 valence electrons. The molecule has 1 aliphatic rings. The molecule has 1 rings (SSSR count). The molecular weight excluding hydrogens is 248 g/mol. The lowest BCUT2D eigenvalue weighted by molar-refractivity contribution is -0.253. The summed E-state index contributed by atoms with van der Waals surface area (Å²) in [4.78, 5) is 21.9. The summed E-state index contributed by atoms with van der Waals surface area (Å²) in [7, 11) is 0. The predicted molar refractivity (Wildman–Crippen MR) is 55.1 cm³/mol. The molecule has 0 aromatic rings. The van der Waals surface area contributed by atoms with Crippen LogP contribution < -0.4 is 0 Å². The first-order valence-electron chi connectivity index (χ1n) is 5.30. The number of hydrogen-bond acceptors (Lipinski definition) is 8. The third-order valence-electron chi connectivity index (χ3n) is 2.47. The first-order chi connectivity index (χ1) is 8.34. The lowest BCUT2D eigenvalue weighted by Crippen LogP contribution is -2.49. The van der Waals surface area contributed by atoms with Crippen LogP contribution in [0.1, 0.15) is 13.8 Å². The van der Waals surface area contributed by atoms with Gasteiger partial charge in [-0.1, -0.05) is 0 Å². The second-order valence-corrected chi connectivity index (χ2v) is 3.95. The second kappa shape index (κ2) is 5.61. The number of carbonyl (C=O) groups excluding carboxylic acids is 2. The van der Waals surface area contributed by atoms with Gasteiger partial charge in [0, 0.05) is 13.8 Å². The summed E-state index contributed by atoms with van der Waals surface area (Å²) in [5.41, 5.74) is 0. The van der Waals surface area contributed by atoms with Crippen LogP contribution in [0.15, 0.2) is 0 Å². The molecule has 1 fully saturated rings. The number of carbonyl (C=O) groups is 2. The summed E-state index contributed by atoms with van der Waals surface area (Å²) < 4.78 is 14.6. The van der Waals surface area contributed by atoms with Crippen molar-refractivity contribution >= 4 is 11.9 Å². The van der Waals surface area contributed by atoms with E-state index in [1.165, 1.54) is 0 Å². The van der Waals surface area contributed by atoms with E-state index in [-0.39, 0.29) is 0 Å². The van der Waals surface area contributed by atoms with Crippen molar-refractivity contribution in [1.29, 1.82) is 0 Å². The van der Waals surface area contributed by atoms with Crippen molar-refractivity contribution in [2.24, 2.45) is 0 Å². The zero-order valence-electron chi connectivity index (χ0n) is 10.0. The minimum Gasteiger partial charge on any atom is -0.455 e. The zero-order valence-corrected chi connectivity index (χ0v) is 10.0. The summed E-state index contributed by atoms with van der Waals surface area (Å²) in [5.74, 6) is -3.65. The van der Waals surface area contributed by atoms with Gasteiger partial charge in [-0.25, -0.2) is 0 Å². The Labute approximate surface area is 103 Å². The Hall–Kier alpha value is -1.22. The highest BCUT2D eigenvalue weighted by Gasteiger charge is 2.58. The monoisotopic (exact) mass is 264 g/mol. The van der Waals surface area contributed by atoms with Crippen molar-refractivity contribution in [3.63, 3.8) is 0 Å². The average molecular weight is 264 g/mol. The van der Waals surface area contributed by atoms with E-state index in [0.29, 0.717) is 0 Å². The molecule has 0 saturated carbocycles. The smallest absolute Gasteiger partial charge is 0.303 e. The van der Waals surface area contributed by atoms with Gasteiger partial charge in [-0.2, -0.15) is 0 Å². The molecule has 0 spiro atoms. The van der Waals surface area contributed by atoms with E-state index < -0.39 is 49.3 Å². The fourth-order valence-electron chi connectivity index (χ4n) is 1.78. The molecule has 4 atom stereocenters. The standard InChI is InChI=1S/C10H16O8/c1-5(13)16-8-7(3-11)18-10(15,4-12)9(8)17-6(2)14/h7-9,11-12,15H,3-4H2,1-2H3. The van der Waals surface area contributed by atoms with Gasteiger partial charge < -0.3 is 29.5 Å². The van der Waals surface area contributed by atoms with Crippen LogP contribution in [-0.4, -0.2) is 64.6 Å². The fraction of sp³-hybridized carbons (Fsp3) is 0.800. The Balaban J connectivity index is 2.98. The van der Waals surface area contributed by atoms with Crippen molar-refractivity contribution in [3.05, 3.63) is 0 Å². The summed E-state index contributed by atoms with van der Waals surface area (Å²) in [6.07, 6.45) is -3.68. The van der Waals surface area contributed by atoms with Crippen LogP contribution in [0, 0.1) is 0 Å². The Bertz CT molecular complexity index is 330. The molecule has 0 aliphatic carbocycles. The quantitative estimate of drug-likeness (QED) is 0.494. The maximum atomic E-state index is 11.0. The molecule has 4 unspecified atom stereocenters. The van der Waals surface area contributed by atoms with E-state index in [9.17, 15) is 14.7 Å². The topological polar surface area (TPSA) is 123 Å². The number of aliphatic hydroxyl groups is 3. The summed E-state index contributed by atoms with van der Waals surface area (Å²) in [6.45, 7) is 0.766. The number of hydrogen-bond donors (Lipinski definition) is 3. The highest BCUT2D eigenvalue weighted by molar-refractivity contribution is 5.67. The van der Waals surface area contributed by atoms with Crippen LogP contribution >= 0.6 is 0 Å². The Kier molecular flexibility index (Phi) is 4.63. The summed E-state index contributed by atoms with van der Waals surface area (Å²) >= 11 is 0.